The molecule has 1 aromatic rings. The maximum atomic E-state index is 5.71. The summed E-state index contributed by atoms with van der Waals surface area (Å²) in [4.78, 5) is 2.54. The minimum Gasteiger partial charge on any atom is -0.494 e. The Labute approximate surface area is 116 Å². The SMILES string of the molecule is CCOc1ccccc1CN1CCCC(CCN)C1. The number of likely N-dealkylation sites (tertiary alicyclic amines) is 1. The van der Waals surface area contributed by atoms with Gasteiger partial charge >= 0.3 is 0 Å². The lowest BCUT2D eigenvalue weighted by Gasteiger charge is -2.33. The molecule has 1 heterocycles. The van der Waals surface area contributed by atoms with Crippen LogP contribution in [0.2, 0.25) is 0 Å². The number of ether oxygens (including phenoxy) is 1. The molecule has 1 aromatic carbocycles. The van der Waals surface area contributed by atoms with Crippen molar-refractivity contribution in [3.8, 4) is 5.75 Å². The van der Waals surface area contributed by atoms with Crippen LogP contribution in [0.1, 0.15) is 31.7 Å². The molecule has 1 atom stereocenters. The van der Waals surface area contributed by atoms with Gasteiger partial charge in [-0.2, -0.15) is 0 Å². The summed E-state index contributed by atoms with van der Waals surface area (Å²) >= 11 is 0. The van der Waals surface area contributed by atoms with Gasteiger partial charge in [-0.25, -0.2) is 0 Å². The molecule has 106 valence electrons. The highest BCUT2D eigenvalue weighted by atomic mass is 16.5. The standard InChI is InChI=1S/C16H26N2O/c1-2-19-16-8-4-3-7-15(16)13-18-11-5-6-14(12-18)9-10-17/h3-4,7-8,14H,2,5-6,9-13,17H2,1H3. The summed E-state index contributed by atoms with van der Waals surface area (Å²) in [6.07, 6.45) is 3.78. The highest BCUT2D eigenvalue weighted by Crippen LogP contribution is 2.24. The summed E-state index contributed by atoms with van der Waals surface area (Å²) < 4.78 is 5.71. The molecule has 0 spiro atoms. The number of piperidine rings is 1. The molecule has 0 aromatic heterocycles. The molecular formula is C16H26N2O. The first kappa shape index (κ1) is 14.4. The van der Waals surface area contributed by atoms with Crippen LogP contribution in [0.25, 0.3) is 0 Å². The first-order chi connectivity index (χ1) is 9.33. The first-order valence-corrected chi connectivity index (χ1v) is 7.46. The van der Waals surface area contributed by atoms with E-state index in [9.17, 15) is 0 Å². The maximum Gasteiger partial charge on any atom is 0.123 e. The fraction of sp³-hybridized carbons (Fsp3) is 0.625. The Morgan fingerprint density at radius 3 is 3.00 bits per heavy atom. The summed E-state index contributed by atoms with van der Waals surface area (Å²) in [5, 5.41) is 0. The molecule has 0 amide bonds. The van der Waals surface area contributed by atoms with Crippen LogP contribution < -0.4 is 10.5 Å². The van der Waals surface area contributed by atoms with Crippen LogP contribution in [-0.2, 0) is 6.54 Å². The molecule has 3 heteroatoms. The Bertz CT molecular complexity index is 379. The molecule has 0 radical (unpaired) electrons. The van der Waals surface area contributed by atoms with Gasteiger partial charge in [-0.15, -0.1) is 0 Å². The molecule has 2 rings (SSSR count). The average Bonchev–Trinajstić information content (AvgIpc) is 2.42. The van der Waals surface area contributed by atoms with Crippen molar-refractivity contribution in [3.05, 3.63) is 29.8 Å². The van der Waals surface area contributed by atoms with Crippen LogP contribution in [-0.4, -0.2) is 31.1 Å². The number of benzene rings is 1. The summed E-state index contributed by atoms with van der Waals surface area (Å²) in [5.41, 5.74) is 6.99. The summed E-state index contributed by atoms with van der Waals surface area (Å²) in [6, 6.07) is 8.39. The van der Waals surface area contributed by atoms with Crippen LogP contribution in [0.5, 0.6) is 5.75 Å². The largest absolute Gasteiger partial charge is 0.494 e. The van der Waals surface area contributed by atoms with E-state index in [1.165, 1.54) is 31.5 Å². The lowest BCUT2D eigenvalue weighted by Crippen LogP contribution is -2.35. The molecule has 1 aliphatic rings. The van der Waals surface area contributed by atoms with Crippen LogP contribution in [0.15, 0.2) is 24.3 Å². The second-order valence-corrected chi connectivity index (χ2v) is 5.36. The molecular weight excluding hydrogens is 236 g/mol. The molecule has 3 nitrogen and oxygen atoms in total. The molecule has 1 saturated heterocycles. The topological polar surface area (TPSA) is 38.5 Å². The third-order valence-electron chi connectivity index (χ3n) is 3.84. The fourth-order valence-electron chi connectivity index (χ4n) is 2.94. The number of para-hydroxylation sites is 1. The predicted molar refractivity (Wildman–Crippen MR) is 79.3 cm³/mol. The van der Waals surface area contributed by atoms with E-state index in [1.807, 2.05) is 13.0 Å². The van der Waals surface area contributed by atoms with Crippen molar-refractivity contribution in [2.75, 3.05) is 26.2 Å². The summed E-state index contributed by atoms with van der Waals surface area (Å²) in [6.45, 7) is 6.95. The molecule has 2 N–H and O–H groups in total. The number of nitrogens with zero attached hydrogens (tertiary/aromatic N) is 1. The number of nitrogens with two attached hydrogens (primary N) is 1. The van der Waals surface area contributed by atoms with Crippen molar-refractivity contribution < 1.29 is 4.74 Å². The van der Waals surface area contributed by atoms with Crippen LogP contribution >= 0.6 is 0 Å². The Morgan fingerprint density at radius 2 is 2.21 bits per heavy atom. The zero-order valence-corrected chi connectivity index (χ0v) is 12.0. The van der Waals surface area contributed by atoms with Gasteiger partial charge in [-0.1, -0.05) is 18.2 Å². The van der Waals surface area contributed by atoms with E-state index in [4.69, 9.17) is 10.5 Å². The van der Waals surface area contributed by atoms with Crippen molar-refractivity contribution in [2.24, 2.45) is 11.7 Å². The highest BCUT2D eigenvalue weighted by molar-refractivity contribution is 5.33. The third kappa shape index (κ3) is 4.22. The molecule has 0 saturated carbocycles. The fourth-order valence-corrected chi connectivity index (χ4v) is 2.94. The van der Waals surface area contributed by atoms with Gasteiger partial charge in [0.15, 0.2) is 0 Å². The van der Waals surface area contributed by atoms with E-state index < -0.39 is 0 Å². The number of hydrogen-bond acceptors (Lipinski definition) is 3. The first-order valence-electron chi connectivity index (χ1n) is 7.46. The third-order valence-corrected chi connectivity index (χ3v) is 3.84. The van der Waals surface area contributed by atoms with Gasteiger partial charge in [0, 0.05) is 18.7 Å². The van der Waals surface area contributed by atoms with Gasteiger partial charge in [0.05, 0.1) is 6.61 Å². The van der Waals surface area contributed by atoms with Crippen LogP contribution in [0.3, 0.4) is 0 Å². The van der Waals surface area contributed by atoms with Crippen molar-refractivity contribution in [2.45, 2.75) is 32.7 Å². The monoisotopic (exact) mass is 262 g/mol. The lowest BCUT2D eigenvalue weighted by atomic mass is 9.94. The van der Waals surface area contributed by atoms with Crippen LogP contribution in [0.4, 0.5) is 0 Å². The highest BCUT2D eigenvalue weighted by Gasteiger charge is 2.20. The van der Waals surface area contributed by atoms with Crippen LogP contribution in [0, 0.1) is 5.92 Å². The van der Waals surface area contributed by atoms with E-state index >= 15 is 0 Å². The summed E-state index contributed by atoms with van der Waals surface area (Å²) in [7, 11) is 0. The lowest BCUT2D eigenvalue weighted by molar-refractivity contribution is 0.161. The number of rotatable bonds is 6. The van der Waals surface area contributed by atoms with Gasteiger partial charge in [-0.05, 0) is 51.3 Å². The second kappa shape index (κ2) is 7.51. The normalized spacial score (nSPS) is 20.4. The molecule has 0 aliphatic carbocycles. The Morgan fingerprint density at radius 1 is 1.37 bits per heavy atom. The zero-order valence-electron chi connectivity index (χ0n) is 12.0. The van der Waals surface area contributed by atoms with E-state index in [0.29, 0.717) is 0 Å². The molecule has 19 heavy (non-hydrogen) atoms. The van der Waals surface area contributed by atoms with Gasteiger partial charge in [0.1, 0.15) is 5.75 Å². The maximum absolute atomic E-state index is 5.71. The van der Waals surface area contributed by atoms with Gasteiger partial charge in [-0.3, -0.25) is 4.90 Å². The Balaban J connectivity index is 1.96. The van der Waals surface area contributed by atoms with Gasteiger partial charge < -0.3 is 10.5 Å². The van der Waals surface area contributed by atoms with Crippen molar-refractivity contribution in [3.63, 3.8) is 0 Å². The minimum atomic E-state index is 0.729. The Hall–Kier alpha value is -1.06. The molecule has 1 unspecified atom stereocenters. The molecule has 1 fully saturated rings. The van der Waals surface area contributed by atoms with Gasteiger partial charge in [0.2, 0.25) is 0 Å². The number of hydrogen-bond donors (Lipinski definition) is 1. The van der Waals surface area contributed by atoms with Crippen molar-refractivity contribution in [1.82, 2.24) is 4.90 Å². The van der Waals surface area contributed by atoms with Gasteiger partial charge in [0.25, 0.3) is 0 Å². The van der Waals surface area contributed by atoms with Crippen molar-refractivity contribution >= 4 is 0 Å². The van der Waals surface area contributed by atoms with E-state index in [2.05, 4.69) is 23.1 Å². The quantitative estimate of drug-likeness (QED) is 0.856. The second-order valence-electron chi connectivity index (χ2n) is 5.36. The minimum absolute atomic E-state index is 0.729. The van der Waals surface area contributed by atoms with Crippen molar-refractivity contribution in [1.29, 1.82) is 0 Å². The average molecular weight is 262 g/mol. The van der Waals surface area contributed by atoms with E-state index in [0.717, 1.165) is 37.8 Å². The predicted octanol–water partition coefficient (Wildman–Crippen LogP) is 2.65. The van der Waals surface area contributed by atoms with E-state index in [1.54, 1.807) is 0 Å². The zero-order chi connectivity index (χ0) is 13.5. The smallest absolute Gasteiger partial charge is 0.123 e. The summed E-state index contributed by atoms with van der Waals surface area (Å²) in [5.74, 6) is 1.81. The molecule has 1 aliphatic heterocycles. The molecule has 0 bridgehead atoms. The Kier molecular flexibility index (Phi) is 5.67. The van der Waals surface area contributed by atoms with E-state index in [-0.39, 0.29) is 0 Å².